The van der Waals surface area contributed by atoms with Gasteiger partial charge in [-0.25, -0.2) is 0 Å². The lowest BCUT2D eigenvalue weighted by Crippen LogP contribution is -1.95. The molecule has 1 aromatic rings. The molecule has 1 rings (SSSR count). The lowest BCUT2D eigenvalue weighted by atomic mass is 10.2. The van der Waals surface area contributed by atoms with E-state index >= 15 is 0 Å². The first-order chi connectivity index (χ1) is 7.36. The second-order valence-electron chi connectivity index (χ2n) is 3.74. The average Bonchev–Trinajstić information content (AvgIpc) is 2.71. The molecule has 0 aliphatic heterocycles. The molecule has 0 spiro atoms. The summed E-state index contributed by atoms with van der Waals surface area (Å²) < 4.78 is 10.8. The molecule has 86 valence electrons. The van der Waals surface area contributed by atoms with Crippen molar-refractivity contribution in [1.82, 2.24) is 0 Å². The Bertz CT molecular complexity index is 258. The minimum Gasteiger partial charge on any atom is -0.467 e. The standard InChI is InChI=1S/C12H21NO2/c1-2-3-4-5-6-14-10-12-7-11(8-13)9-15-12/h7,9H,2-6,8,10,13H2,1H3. The molecule has 15 heavy (non-hydrogen) atoms. The summed E-state index contributed by atoms with van der Waals surface area (Å²) in [5, 5.41) is 0. The third-order valence-electron chi connectivity index (χ3n) is 2.33. The molecule has 0 saturated carbocycles. The Morgan fingerprint density at radius 2 is 2.20 bits per heavy atom. The quantitative estimate of drug-likeness (QED) is 0.673. The molecule has 1 aromatic heterocycles. The van der Waals surface area contributed by atoms with Crippen LogP contribution in [-0.2, 0) is 17.9 Å². The van der Waals surface area contributed by atoms with E-state index in [2.05, 4.69) is 6.92 Å². The fraction of sp³-hybridized carbons (Fsp3) is 0.667. The predicted octanol–water partition coefficient (Wildman–Crippen LogP) is 2.84. The smallest absolute Gasteiger partial charge is 0.129 e. The molecule has 0 fully saturated rings. The maximum atomic E-state index is 5.49. The molecule has 0 unspecified atom stereocenters. The Morgan fingerprint density at radius 3 is 2.87 bits per heavy atom. The highest BCUT2D eigenvalue weighted by Crippen LogP contribution is 2.08. The van der Waals surface area contributed by atoms with Crippen molar-refractivity contribution < 1.29 is 9.15 Å². The largest absolute Gasteiger partial charge is 0.467 e. The molecule has 3 nitrogen and oxygen atoms in total. The summed E-state index contributed by atoms with van der Waals surface area (Å²) >= 11 is 0. The molecule has 0 aliphatic carbocycles. The van der Waals surface area contributed by atoms with Crippen molar-refractivity contribution in [2.24, 2.45) is 5.73 Å². The van der Waals surface area contributed by atoms with Crippen molar-refractivity contribution in [3.8, 4) is 0 Å². The maximum absolute atomic E-state index is 5.49. The van der Waals surface area contributed by atoms with Gasteiger partial charge in [-0.15, -0.1) is 0 Å². The van der Waals surface area contributed by atoms with Gasteiger partial charge in [0.05, 0.1) is 6.26 Å². The van der Waals surface area contributed by atoms with Crippen molar-refractivity contribution in [3.63, 3.8) is 0 Å². The van der Waals surface area contributed by atoms with E-state index < -0.39 is 0 Å². The van der Waals surface area contributed by atoms with Crippen LogP contribution in [0.25, 0.3) is 0 Å². The maximum Gasteiger partial charge on any atom is 0.129 e. The van der Waals surface area contributed by atoms with Gasteiger partial charge in [0.25, 0.3) is 0 Å². The van der Waals surface area contributed by atoms with Gasteiger partial charge in [0.2, 0.25) is 0 Å². The lowest BCUT2D eigenvalue weighted by Gasteiger charge is -2.01. The number of ether oxygens (including phenoxy) is 1. The zero-order valence-corrected chi connectivity index (χ0v) is 9.50. The van der Waals surface area contributed by atoms with Gasteiger partial charge in [0.15, 0.2) is 0 Å². The minimum absolute atomic E-state index is 0.528. The van der Waals surface area contributed by atoms with E-state index in [9.17, 15) is 0 Å². The van der Waals surface area contributed by atoms with Gasteiger partial charge in [-0.3, -0.25) is 0 Å². The molecule has 3 heteroatoms. The molecule has 0 bridgehead atoms. The van der Waals surface area contributed by atoms with Crippen LogP contribution in [0.3, 0.4) is 0 Å². The number of hydrogen-bond donors (Lipinski definition) is 1. The topological polar surface area (TPSA) is 48.4 Å². The van der Waals surface area contributed by atoms with Gasteiger partial charge >= 0.3 is 0 Å². The van der Waals surface area contributed by atoms with Crippen molar-refractivity contribution in [3.05, 3.63) is 23.7 Å². The molecule has 0 radical (unpaired) electrons. The fourth-order valence-electron chi connectivity index (χ4n) is 1.41. The van der Waals surface area contributed by atoms with Crippen molar-refractivity contribution in [2.75, 3.05) is 6.61 Å². The minimum atomic E-state index is 0.528. The van der Waals surface area contributed by atoms with E-state index in [-0.39, 0.29) is 0 Å². The molecule has 0 aliphatic rings. The van der Waals surface area contributed by atoms with Crippen molar-refractivity contribution in [1.29, 1.82) is 0 Å². The van der Waals surface area contributed by atoms with Crippen LogP contribution in [0.15, 0.2) is 16.7 Å². The normalized spacial score (nSPS) is 10.8. The van der Waals surface area contributed by atoms with E-state index in [1.807, 2.05) is 6.07 Å². The molecular weight excluding hydrogens is 190 g/mol. The highest BCUT2D eigenvalue weighted by Gasteiger charge is 1.99. The van der Waals surface area contributed by atoms with Crippen LogP contribution in [0.2, 0.25) is 0 Å². The zero-order chi connectivity index (χ0) is 10.9. The van der Waals surface area contributed by atoms with Crippen LogP contribution in [0.1, 0.15) is 43.9 Å². The lowest BCUT2D eigenvalue weighted by molar-refractivity contribution is 0.102. The Hall–Kier alpha value is -0.800. The van der Waals surface area contributed by atoms with Gasteiger partial charge in [0, 0.05) is 18.7 Å². The first-order valence-electron chi connectivity index (χ1n) is 5.71. The van der Waals surface area contributed by atoms with Gasteiger partial charge in [-0.2, -0.15) is 0 Å². The Balaban J connectivity index is 2.04. The van der Waals surface area contributed by atoms with Crippen LogP contribution in [0, 0.1) is 0 Å². The summed E-state index contributed by atoms with van der Waals surface area (Å²) in [4.78, 5) is 0. The Morgan fingerprint density at radius 1 is 1.33 bits per heavy atom. The van der Waals surface area contributed by atoms with Crippen LogP contribution >= 0.6 is 0 Å². The second-order valence-corrected chi connectivity index (χ2v) is 3.74. The van der Waals surface area contributed by atoms with Crippen LogP contribution in [-0.4, -0.2) is 6.61 Å². The molecular formula is C12H21NO2. The van der Waals surface area contributed by atoms with E-state index in [1.165, 1.54) is 19.3 Å². The Labute approximate surface area is 91.6 Å². The van der Waals surface area contributed by atoms with Crippen molar-refractivity contribution >= 4 is 0 Å². The molecule has 0 saturated heterocycles. The fourth-order valence-corrected chi connectivity index (χ4v) is 1.41. The van der Waals surface area contributed by atoms with E-state index in [0.717, 1.165) is 24.4 Å². The SMILES string of the molecule is CCCCCCOCc1cc(CN)co1. The van der Waals surface area contributed by atoms with E-state index in [0.29, 0.717) is 13.2 Å². The third kappa shape index (κ3) is 5.00. The monoisotopic (exact) mass is 211 g/mol. The first-order valence-corrected chi connectivity index (χ1v) is 5.71. The molecule has 0 amide bonds. The average molecular weight is 211 g/mol. The Kier molecular flexibility index (Phi) is 6.12. The van der Waals surface area contributed by atoms with Crippen LogP contribution in [0.4, 0.5) is 0 Å². The molecule has 2 N–H and O–H groups in total. The number of unbranched alkanes of at least 4 members (excludes halogenated alkanes) is 3. The summed E-state index contributed by atoms with van der Waals surface area (Å²) in [6, 6.07) is 1.95. The summed E-state index contributed by atoms with van der Waals surface area (Å²) in [7, 11) is 0. The van der Waals surface area contributed by atoms with Crippen LogP contribution < -0.4 is 5.73 Å². The predicted molar refractivity (Wildman–Crippen MR) is 60.4 cm³/mol. The van der Waals surface area contributed by atoms with Gasteiger partial charge < -0.3 is 14.9 Å². The van der Waals surface area contributed by atoms with Crippen LogP contribution in [0.5, 0.6) is 0 Å². The summed E-state index contributed by atoms with van der Waals surface area (Å²) in [6.45, 7) is 4.11. The number of rotatable bonds is 8. The summed E-state index contributed by atoms with van der Waals surface area (Å²) in [5.41, 5.74) is 6.50. The van der Waals surface area contributed by atoms with Gasteiger partial charge in [0.1, 0.15) is 12.4 Å². The number of furan rings is 1. The van der Waals surface area contributed by atoms with Crippen molar-refractivity contribution in [2.45, 2.75) is 45.8 Å². The molecule has 0 aromatic carbocycles. The van der Waals surface area contributed by atoms with E-state index in [4.69, 9.17) is 14.9 Å². The van der Waals surface area contributed by atoms with Gasteiger partial charge in [-0.05, 0) is 12.5 Å². The first kappa shape index (κ1) is 12.3. The number of nitrogens with two attached hydrogens (primary N) is 1. The van der Waals surface area contributed by atoms with E-state index in [1.54, 1.807) is 6.26 Å². The van der Waals surface area contributed by atoms with Gasteiger partial charge in [-0.1, -0.05) is 26.2 Å². The third-order valence-corrected chi connectivity index (χ3v) is 2.33. The molecule has 1 heterocycles. The summed E-state index contributed by atoms with van der Waals surface area (Å²) in [6.07, 6.45) is 6.64. The molecule has 0 atom stereocenters. The highest BCUT2D eigenvalue weighted by atomic mass is 16.5. The number of hydrogen-bond acceptors (Lipinski definition) is 3. The second kappa shape index (κ2) is 7.49. The highest BCUT2D eigenvalue weighted by molar-refractivity contribution is 5.11. The zero-order valence-electron chi connectivity index (χ0n) is 9.50. The summed E-state index contributed by atoms with van der Waals surface area (Å²) in [5.74, 6) is 0.867.